The second kappa shape index (κ2) is 8.53. The zero-order valence-corrected chi connectivity index (χ0v) is 15.1. The van der Waals surface area contributed by atoms with E-state index in [2.05, 4.69) is 21.2 Å². The van der Waals surface area contributed by atoms with Crippen molar-refractivity contribution in [2.24, 2.45) is 0 Å². The van der Waals surface area contributed by atoms with E-state index in [9.17, 15) is 18.0 Å². The van der Waals surface area contributed by atoms with E-state index in [1.807, 2.05) is 31.2 Å². The van der Waals surface area contributed by atoms with Gasteiger partial charge < -0.3 is 14.6 Å². The second-order valence-electron chi connectivity index (χ2n) is 5.60. The van der Waals surface area contributed by atoms with Gasteiger partial charge in [0.05, 0.1) is 19.4 Å². The lowest BCUT2D eigenvalue weighted by molar-refractivity contribution is -0.162. The Balaban J connectivity index is 1.97. The number of amides is 1. The fourth-order valence-electron chi connectivity index (χ4n) is 2.26. The van der Waals surface area contributed by atoms with E-state index in [-0.39, 0.29) is 19.1 Å². The molecule has 0 aliphatic carbocycles. The Morgan fingerprint density at radius 3 is 2.52 bits per heavy atom. The number of carbonyl (C=O) groups excluding carboxylic acids is 1. The molecule has 136 valence electrons. The molecule has 1 heterocycles. The molecule has 1 atom stereocenters. The van der Waals surface area contributed by atoms with Crippen molar-refractivity contribution in [3.63, 3.8) is 0 Å². The predicted octanol–water partition coefficient (Wildman–Crippen LogP) is 4.28. The second-order valence-corrected chi connectivity index (χ2v) is 6.51. The molecule has 4 nitrogen and oxygen atoms in total. The molecule has 0 aliphatic rings. The summed E-state index contributed by atoms with van der Waals surface area (Å²) in [7, 11) is 0. The molecule has 1 aromatic carbocycles. The summed E-state index contributed by atoms with van der Waals surface area (Å²) in [6.07, 6.45) is -3.11. The van der Waals surface area contributed by atoms with Crippen molar-refractivity contribution in [2.75, 3.05) is 13.1 Å². The van der Waals surface area contributed by atoms with Crippen molar-refractivity contribution in [1.29, 1.82) is 0 Å². The Hall–Kier alpha value is -1.80. The van der Waals surface area contributed by atoms with Crippen LogP contribution in [0.1, 0.15) is 24.3 Å². The first-order valence-electron chi connectivity index (χ1n) is 7.60. The van der Waals surface area contributed by atoms with Crippen LogP contribution in [0.2, 0.25) is 0 Å². The van der Waals surface area contributed by atoms with E-state index in [1.165, 1.54) is 12.3 Å². The summed E-state index contributed by atoms with van der Waals surface area (Å²) in [6, 6.07) is 10.4. The Labute approximate surface area is 152 Å². The number of carbonyl (C=O) groups is 1. The third-order valence-corrected chi connectivity index (χ3v) is 4.11. The number of alkyl halides is 3. The highest BCUT2D eigenvalue weighted by molar-refractivity contribution is 9.10. The normalized spacial score (nSPS) is 12.8. The number of nitrogens with one attached hydrogen (secondary N) is 1. The zero-order chi connectivity index (χ0) is 18.4. The molecule has 0 unspecified atom stereocenters. The Kier molecular flexibility index (Phi) is 6.66. The number of rotatable bonds is 7. The van der Waals surface area contributed by atoms with Gasteiger partial charge in [-0.25, -0.2) is 0 Å². The third-order valence-electron chi connectivity index (χ3n) is 3.58. The van der Waals surface area contributed by atoms with Crippen LogP contribution in [0.25, 0.3) is 0 Å². The first kappa shape index (κ1) is 19.5. The Morgan fingerprint density at radius 2 is 1.96 bits per heavy atom. The standard InChI is InChI=1S/C17H18BrF3N2O2/c1-12(13-4-6-14(18)7-5-13)22-9-16(24)23(11-17(19,20)21)10-15-3-2-8-25-15/h2-8,12,22H,9-11H2,1H3/t12-/m1/s1. The van der Waals surface area contributed by atoms with E-state index in [0.717, 1.165) is 14.9 Å². The van der Waals surface area contributed by atoms with Gasteiger partial charge in [-0.2, -0.15) is 13.2 Å². The lowest BCUT2D eigenvalue weighted by atomic mass is 10.1. The molecule has 1 amide bonds. The molecule has 1 N–H and O–H groups in total. The average molecular weight is 419 g/mol. The molecule has 0 radical (unpaired) electrons. The topological polar surface area (TPSA) is 45.5 Å². The van der Waals surface area contributed by atoms with Crippen LogP contribution in [0.5, 0.6) is 0 Å². The summed E-state index contributed by atoms with van der Waals surface area (Å²) in [6.45, 7) is 0.103. The van der Waals surface area contributed by atoms with Crippen LogP contribution in [-0.2, 0) is 11.3 Å². The molecular formula is C17H18BrF3N2O2. The molecule has 0 saturated carbocycles. The monoisotopic (exact) mass is 418 g/mol. The van der Waals surface area contributed by atoms with Gasteiger partial charge in [-0.3, -0.25) is 4.79 Å². The lowest BCUT2D eigenvalue weighted by Crippen LogP contribution is -2.43. The first-order chi connectivity index (χ1) is 11.7. The maximum Gasteiger partial charge on any atom is 0.406 e. The summed E-state index contributed by atoms with van der Waals surface area (Å²) < 4.78 is 44.2. The molecule has 0 saturated heterocycles. The highest BCUT2D eigenvalue weighted by atomic mass is 79.9. The number of furan rings is 1. The maximum absolute atomic E-state index is 12.7. The van der Waals surface area contributed by atoms with E-state index in [0.29, 0.717) is 5.76 Å². The lowest BCUT2D eigenvalue weighted by Gasteiger charge is -2.24. The number of halogens is 4. The summed E-state index contributed by atoms with van der Waals surface area (Å²) in [5.74, 6) is -0.337. The predicted molar refractivity (Wildman–Crippen MR) is 90.7 cm³/mol. The van der Waals surface area contributed by atoms with Crippen LogP contribution in [0.4, 0.5) is 13.2 Å². The van der Waals surface area contributed by atoms with Gasteiger partial charge in [0.1, 0.15) is 12.3 Å². The van der Waals surface area contributed by atoms with Gasteiger partial charge in [0, 0.05) is 10.5 Å². The van der Waals surface area contributed by atoms with Crippen LogP contribution in [0, 0.1) is 0 Å². The van der Waals surface area contributed by atoms with Gasteiger partial charge in [-0.1, -0.05) is 28.1 Å². The molecule has 0 bridgehead atoms. The number of hydrogen-bond donors (Lipinski definition) is 1. The van der Waals surface area contributed by atoms with Crippen molar-refractivity contribution in [3.8, 4) is 0 Å². The molecule has 2 aromatic rings. The number of nitrogens with zero attached hydrogens (tertiary/aromatic N) is 1. The highest BCUT2D eigenvalue weighted by Crippen LogP contribution is 2.19. The van der Waals surface area contributed by atoms with E-state index < -0.39 is 18.6 Å². The molecule has 0 spiro atoms. The smallest absolute Gasteiger partial charge is 0.406 e. The van der Waals surface area contributed by atoms with E-state index in [1.54, 1.807) is 6.07 Å². The van der Waals surface area contributed by atoms with Crippen molar-refractivity contribution < 1.29 is 22.4 Å². The fraction of sp³-hybridized carbons (Fsp3) is 0.353. The maximum atomic E-state index is 12.7. The summed E-state index contributed by atoms with van der Waals surface area (Å²) >= 11 is 3.34. The van der Waals surface area contributed by atoms with Crippen LogP contribution < -0.4 is 5.32 Å². The quantitative estimate of drug-likeness (QED) is 0.729. The molecule has 8 heteroatoms. The largest absolute Gasteiger partial charge is 0.467 e. The summed E-state index contributed by atoms with van der Waals surface area (Å²) in [5.41, 5.74) is 0.935. The van der Waals surface area contributed by atoms with Crippen molar-refractivity contribution in [3.05, 3.63) is 58.5 Å². The minimum Gasteiger partial charge on any atom is -0.467 e. The highest BCUT2D eigenvalue weighted by Gasteiger charge is 2.33. The minimum absolute atomic E-state index is 0.173. The number of benzene rings is 1. The first-order valence-corrected chi connectivity index (χ1v) is 8.39. The molecule has 0 fully saturated rings. The Morgan fingerprint density at radius 1 is 1.28 bits per heavy atom. The van der Waals surface area contributed by atoms with Crippen LogP contribution in [-0.4, -0.2) is 30.1 Å². The van der Waals surface area contributed by atoms with Crippen molar-refractivity contribution >= 4 is 21.8 Å². The molecule has 1 aromatic heterocycles. The van der Waals surface area contributed by atoms with Gasteiger partial charge in [-0.15, -0.1) is 0 Å². The molecule has 0 aliphatic heterocycles. The van der Waals surface area contributed by atoms with E-state index >= 15 is 0 Å². The van der Waals surface area contributed by atoms with Crippen LogP contribution in [0.3, 0.4) is 0 Å². The minimum atomic E-state index is -4.47. The molecular weight excluding hydrogens is 401 g/mol. The SMILES string of the molecule is C[C@@H](NCC(=O)N(Cc1ccco1)CC(F)(F)F)c1ccc(Br)cc1. The van der Waals surface area contributed by atoms with Gasteiger partial charge >= 0.3 is 6.18 Å². The summed E-state index contributed by atoms with van der Waals surface area (Å²) in [4.78, 5) is 13.0. The van der Waals surface area contributed by atoms with Crippen molar-refractivity contribution in [1.82, 2.24) is 10.2 Å². The fourth-order valence-corrected chi connectivity index (χ4v) is 2.53. The van der Waals surface area contributed by atoms with Gasteiger partial charge in [-0.05, 0) is 36.8 Å². The third kappa shape index (κ3) is 6.55. The van der Waals surface area contributed by atoms with Crippen LogP contribution in [0.15, 0.2) is 51.6 Å². The van der Waals surface area contributed by atoms with Crippen LogP contribution >= 0.6 is 15.9 Å². The average Bonchev–Trinajstić information content (AvgIpc) is 3.04. The Bertz CT molecular complexity index is 672. The summed E-state index contributed by atoms with van der Waals surface area (Å²) in [5, 5.41) is 2.96. The van der Waals surface area contributed by atoms with Gasteiger partial charge in [0.15, 0.2) is 0 Å². The van der Waals surface area contributed by atoms with Gasteiger partial charge in [0.25, 0.3) is 0 Å². The van der Waals surface area contributed by atoms with Crippen molar-refractivity contribution in [2.45, 2.75) is 25.7 Å². The number of hydrogen-bond acceptors (Lipinski definition) is 3. The van der Waals surface area contributed by atoms with E-state index in [4.69, 9.17) is 4.42 Å². The zero-order valence-electron chi connectivity index (χ0n) is 13.5. The van der Waals surface area contributed by atoms with Gasteiger partial charge in [0.2, 0.25) is 5.91 Å². The molecule has 2 rings (SSSR count). The molecule has 25 heavy (non-hydrogen) atoms.